The molecule has 0 fully saturated rings. The SMILES string of the molecule is N[C@H]([C@@H](N)c1ccccc1)C(F)(F)F. The molecule has 0 bridgehead atoms. The molecule has 2 atom stereocenters. The average Bonchev–Trinajstić information content (AvgIpc) is 2.15. The monoisotopic (exact) mass is 204 g/mol. The molecular formula is C9H11F3N2. The maximum atomic E-state index is 12.2. The van der Waals surface area contributed by atoms with Crippen LogP contribution in [-0.2, 0) is 0 Å². The van der Waals surface area contributed by atoms with E-state index in [-0.39, 0.29) is 0 Å². The molecule has 0 aromatic heterocycles. The van der Waals surface area contributed by atoms with Crippen molar-refractivity contribution in [3.8, 4) is 0 Å². The van der Waals surface area contributed by atoms with Crippen molar-refractivity contribution in [3.05, 3.63) is 35.9 Å². The van der Waals surface area contributed by atoms with Gasteiger partial charge in [0, 0.05) is 0 Å². The van der Waals surface area contributed by atoms with E-state index in [0.717, 1.165) is 0 Å². The fraction of sp³-hybridized carbons (Fsp3) is 0.333. The van der Waals surface area contributed by atoms with Gasteiger partial charge in [-0.05, 0) is 5.56 Å². The Kier molecular flexibility index (Phi) is 3.13. The molecule has 0 aliphatic heterocycles. The Morgan fingerprint density at radius 1 is 1.00 bits per heavy atom. The molecule has 0 heterocycles. The predicted octanol–water partition coefficient (Wildman–Crippen LogP) is 1.58. The minimum absolute atomic E-state index is 0.386. The lowest BCUT2D eigenvalue weighted by Gasteiger charge is -2.22. The van der Waals surface area contributed by atoms with Crippen LogP contribution in [0.5, 0.6) is 0 Å². The first-order chi connectivity index (χ1) is 6.43. The maximum Gasteiger partial charge on any atom is 0.405 e. The van der Waals surface area contributed by atoms with Crippen LogP contribution in [-0.4, -0.2) is 12.2 Å². The fourth-order valence-corrected chi connectivity index (χ4v) is 1.09. The first-order valence-electron chi connectivity index (χ1n) is 4.05. The lowest BCUT2D eigenvalue weighted by Crippen LogP contribution is -2.45. The smallest absolute Gasteiger partial charge is 0.322 e. The van der Waals surface area contributed by atoms with Gasteiger partial charge in [0.2, 0.25) is 0 Å². The lowest BCUT2D eigenvalue weighted by atomic mass is 10.0. The molecule has 2 nitrogen and oxygen atoms in total. The highest BCUT2D eigenvalue weighted by Gasteiger charge is 2.41. The van der Waals surface area contributed by atoms with Crippen molar-refractivity contribution in [1.82, 2.24) is 0 Å². The van der Waals surface area contributed by atoms with E-state index in [0.29, 0.717) is 5.56 Å². The third-order valence-corrected chi connectivity index (χ3v) is 1.95. The van der Waals surface area contributed by atoms with Crippen molar-refractivity contribution in [2.75, 3.05) is 0 Å². The Morgan fingerprint density at radius 2 is 1.50 bits per heavy atom. The summed E-state index contributed by atoms with van der Waals surface area (Å²) < 4.78 is 36.5. The van der Waals surface area contributed by atoms with Gasteiger partial charge in [0.15, 0.2) is 0 Å². The van der Waals surface area contributed by atoms with Crippen molar-refractivity contribution in [2.24, 2.45) is 11.5 Å². The van der Waals surface area contributed by atoms with E-state index in [2.05, 4.69) is 0 Å². The van der Waals surface area contributed by atoms with Gasteiger partial charge in [-0.2, -0.15) is 13.2 Å². The van der Waals surface area contributed by atoms with E-state index in [1.165, 1.54) is 12.1 Å². The highest BCUT2D eigenvalue weighted by atomic mass is 19.4. The molecule has 1 aromatic carbocycles. The summed E-state index contributed by atoms with van der Waals surface area (Å²) in [7, 11) is 0. The summed E-state index contributed by atoms with van der Waals surface area (Å²) in [6.07, 6.45) is -4.46. The third-order valence-electron chi connectivity index (χ3n) is 1.95. The summed E-state index contributed by atoms with van der Waals surface area (Å²) in [5.41, 5.74) is 10.7. The summed E-state index contributed by atoms with van der Waals surface area (Å²) in [6, 6.07) is 4.76. The first-order valence-corrected chi connectivity index (χ1v) is 4.05. The van der Waals surface area contributed by atoms with Crippen molar-refractivity contribution in [1.29, 1.82) is 0 Å². The van der Waals surface area contributed by atoms with Crippen LogP contribution in [0.1, 0.15) is 11.6 Å². The zero-order chi connectivity index (χ0) is 10.8. The second-order valence-corrected chi connectivity index (χ2v) is 3.00. The van der Waals surface area contributed by atoms with Gasteiger partial charge < -0.3 is 11.5 Å². The molecular weight excluding hydrogens is 193 g/mol. The first kappa shape index (κ1) is 11.0. The zero-order valence-electron chi connectivity index (χ0n) is 7.33. The fourth-order valence-electron chi connectivity index (χ4n) is 1.09. The molecule has 14 heavy (non-hydrogen) atoms. The van der Waals surface area contributed by atoms with Crippen LogP contribution in [0.2, 0.25) is 0 Å². The van der Waals surface area contributed by atoms with Gasteiger partial charge in [0.1, 0.15) is 6.04 Å². The Bertz CT molecular complexity index is 284. The van der Waals surface area contributed by atoms with Gasteiger partial charge in [-0.25, -0.2) is 0 Å². The second kappa shape index (κ2) is 3.98. The Hall–Kier alpha value is -1.07. The van der Waals surface area contributed by atoms with E-state index in [1.807, 2.05) is 0 Å². The van der Waals surface area contributed by atoms with Crippen LogP contribution in [0.3, 0.4) is 0 Å². The molecule has 0 spiro atoms. The van der Waals surface area contributed by atoms with Gasteiger partial charge in [-0.1, -0.05) is 30.3 Å². The molecule has 4 N–H and O–H groups in total. The molecule has 1 aromatic rings. The molecule has 0 aliphatic carbocycles. The van der Waals surface area contributed by atoms with Crippen LogP contribution in [0.15, 0.2) is 30.3 Å². The second-order valence-electron chi connectivity index (χ2n) is 3.00. The molecule has 5 heteroatoms. The number of rotatable bonds is 2. The number of benzene rings is 1. The molecule has 1 rings (SSSR count). The van der Waals surface area contributed by atoms with Gasteiger partial charge in [0.25, 0.3) is 0 Å². The van der Waals surface area contributed by atoms with E-state index >= 15 is 0 Å². The summed E-state index contributed by atoms with van der Waals surface area (Å²) in [4.78, 5) is 0. The normalized spacial score (nSPS) is 16.4. The van der Waals surface area contributed by atoms with Gasteiger partial charge >= 0.3 is 6.18 Å². The van der Waals surface area contributed by atoms with Crippen molar-refractivity contribution >= 4 is 0 Å². The minimum atomic E-state index is -4.46. The largest absolute Gasteiger partial charge is 0.405 e. The average molecular weight is 204 g/mol. The molecule has 0 radical (unpaired) electrons. The number of alkyl halides is 3. The third kappa shape index (κ3) is 2.46. The summed E-state index contributed by atoms with van der Waals surface area (Å²) in [5.74, 6) is 0. The van der Waals surface area contributed by atoms with Gasteiger partial charge in [-0.3, -0.25) is 0 Å². The highest BCUT2D eigenvalue weighted by Crippen LogP contribution is 2.26. The van der Waals surface area contributed by atoms with E-state index < -0.39 is 18.3 Å². The summed E-state index contributed by atoms with van der Waals surface area (Å²) in [6.45, 7) is 0. The Morgan fingerprint density at radius 3 is 1.93 bits per heavy atom. The molecule has 78 valence electrons. The quantitative estimate of drug-likeness (QED) is 0.768. The van der Waals surface area contributed by atoms with Crippen LogP contribution in [0.4, 0.5) is 13.2 Å². The molecule has 0 amide bonds. The van der Waals surface area contributed by atoms with E-state index in [4.69, 9.17) is 11.5 Å². The molecule has 0 unspecified atom stereocenters. The minimum Gasteiger partial charge on any atom is -0.322 e. The summed E-state index contributed by atoms with van der Waals surface area (Å²) >= 11 is 0. The van der Waals surface area contributed by atoms with Crippen LogP contribution in [0, 0.1) is 0 Å². The van der Waals surface area contributed by atoms with Crippen molar-refractivity contribution in [2.45, 2.75) is 18.3 Å². The summed E-state index contributed by atoms with van der Waals surface area (Å²) in [5, 5.41) is 0. The van der Waals surface area contributed by atoms with Crippen LogP contribution in [0.25, 0.3) is 0 Å². The van der Waals surface area contributed by atoms with Crippen molar-refractivity contribution < 1.29 is 13.2 Å². The predicted molar refractivity (Wildman–Crippen MR) is 47.4 cm³/mol. The van der Waals surface area contributed by atoms with Gasteiger partial charge in [-0.15, -0.1) is 0 Å². The number of hydrogen-bond acceptors (Lipinski definition) is 2. The number of hydrogen-bond donors (Lipinski definition) is 2. The van der Waals surface area contributed by atoms with E-state index in [9.17, 15) is 13.2 Å². The lowest BCUT2D eigenvalue weighted by molar-refractivity contribution is -0.152. The Balaban J connectivity index is 2.81. The Labute approximate surface area is 79.7 Å². The molecule has 0 saturated carbocycles. The van der Waals surface area contributed by atoms with Crippen LogP contribution < -0.4 is 11.5 Å². The topological polar surface area (TPSA) is 52.0 Å². The molecule has 0 saturated heterocycles. The van der Waals surface area contributed by atoms with Crippen LogP contribution >= 0.6 is 0 Å². The number of halogens is 3. The standard InChI is InChI=1S/C9H11F3N2/c10-9(11,12)8(14)7(13)6-4-2-1-3-5-6/h1-5,7-8H,13-14H2/t7-,8+/m0/s1. The molecule has 0 aliphatic rings. The maximum absolute atomic E-state index is 12.2. The van der Waals surface area contributed by atoms with E-state index in [1.54, 1.807) is 18.2 Å². The zero-order valence-corrected chi connectivity index (χ0v) is 7.33. The van der Waals surface area contributed by atoms with Gasteiger partial charge in [0.05, 0.1) is 6.04 Å². The highest BCUT2D eigenvalue weighted by molar-refractivity contribution is 5.20. The number of nitrogens with two attached hydrogens (primary N) is 2. The van der Waals surface area contributed by atoms with Crippen molar-refractivity contribution in [3.63, 3.8) is 0 Å².